The van der Waals surface area contributed by atoms with Gasteiger partial charge < -0.3 is 21.1 Å². The van der Waals surface area contributed by atoms with Crippen LogP contribution < -0.4 is 16.0 Å². The molecule has 0 radical (unpaired) electrons. The highest BCUT2D eigenvalue weighted by Crippen LogP contribution is 2.09. The molecule has 1 rings (SSSR count). The Morgan fingerprint density at radius 1 is 1.07 bits per heavy atom. The largest absolute Gasteiger partial charge is 0.481 e. The number of hydrogen-bond donors (Lipinski definition) is 4. The predicted molar refractivity (Wildman–Crippen MR) is 113 cm³/mol. The van der Waals surface area contributed by atoms with E-state index < -0.39 is 5.97 Å². The van der Waals surface area contributed by atoms with E-state index in [1.807, 2.05) is 30.3 Å². The third-order valence-corrected chi connectivity index (χ3v) is 4.37. The minimum atomic E-state index is -0.765. The van der Waals surface area contributed by atoms with Gasteiger partial charge >= 0.3 is 5.97 Å². The number of benzene rings is 1. The van der Waals surface area contributed by atoms with Crippen LogP contribution in [0.4, 0.5) is 5.69 Å². The second-order valence-corrected chi connectivity index (χ2v) is 6.95. The molecule has 0 saturated carbocycles. The number of thiocarbonyl (C=S) groups is 1. The Labute approximate surface area is 167 Å². The van der Waals surface area contributed by atoms with Gasteiger partial charge in [0.1, 0.15) is 0 Å². The van der Waals surface area contributed by atoms with Crippen LogP contribution in [0.25, 0.3) is 0 Å². The number of para-hydroxylation sites is 1. The van der Waals surface area contributed by atoms with Gasteiger partial charge in [-0.1, -0.05) is 38.0 Å². The maximum Gasteiger partial charge on any atom is 0.303 e. The smallest absolute Gasteiger partial charge is 0.303 e. The van der Waals surface area contributed by atoms with E-state index in [0.717, 1.165) is 31.4 Å². The maximum atomic E-state index is 11.9. The van der Waals surface area contributed by atoms with Crippen molar-refractivity contribution in [1.82, 2.24) is 10.6 Å². The summed E-state index contributed by atoms with van der Waals surface area (Å²) in [6, 6.07) is 9.57. The maximum absolute atomic E-state index is 11.9. The molecule has 6 nitrogen and oxygen atoms in total. The SMILES string of the molecule is CCCCC(CCCC(=O)O)NC(=S)NCCCC(=O)Nc1ccccc1. The number of nitrogens with one attached hydrogen (secondary N) is 3. The Morgan fingerprint density at radius 2 is 1.78 bits per heavy atom. The number of carboxylic acids is 1. The van der Waals surface area contributed by atoms with Crippen LogP contribution in [0.5, 0.6) is 0 Å². The lowest BCUT2D eigenvalue weighted by Gasteiger charge is -2.20. The third-order valence-electron chi connectivity index (χ3n) is 4.11. The van der Waals surface area contributed by atoms with E-state index in [1.165, 1.54) is 0 Å². The minimum absolute atomic E-state index is 0.0172. The Bertz CT molecular complexity index is 581. The molecule has 1 aromatic carbocycles. The topological polar surface area (TPSA) is 90.5 Å². The number of carboxylic acid groups (broad SMARTS) is 1. The Kier molecular flexibility index (Phi) is 11.8. The van der Waals surface area contributed by atoms with Crippen molar-refractivity contribution in [3.63, 3.8) is 0 Å². The van der Waals surface area contributed by atoms with E-state index in [9.17, 15) is 9.59 Å². The summed E-state index contributed by atoms with van der Waals surface area (Å²) in [5.41, 5.74) is 0.799. The lowest BCUT2D eigenvalue weighted by atomic mass is 10.0. The second-order valence-electron chi connectivity index (χ2n) is 6.54. The van der Waals surface area contributed by atoms with E-state index in [4.69, 9.17) is 17.3 Å². The number of unbranched alkanes of at least 4 members (excludes halogenated alkanes) is 1. The zero-order chi connectivity index (χ0) is 19.9. The van der Waals surface area contributed by atoms with Gasteiger partial charge in [-0.3, -0.25) is 9.59 Å². The number of hydrogen-bond acceptors (Lipinski definition) is 3. The molecule has 150 valence electrons. The molecule has 0 aromatic heterocycles. The molecule has 0 fully saturated rings. The summed E-state index contributed by atoms with van der Waals surface area (Å²) >= 11 is 5.33. The Hall–Kier alpha value is -2.15. The molecule has 1 unspecified atom stereocenters. The van der Waals surface area contributed by atoms with E-state index in [2.05, 4.69) is 22.9 Å². The summed E-state index contributed by atoms with van der Waals surface area (Å²) < 4.78 is 0. The average Bonchev–Trinajstić information content (AvgIpc) is 2.63. The molecule has 0 saturated heterocycles. The number of amides is 1. The third kappa shape index (κ3) is 12.0. The molecule has 1 aromatic rings. The lowest BCUT2D eigenvalue weighted by Crippen LogP contribution is -2.42. The molecule has 1 atom stereocenters. The normalized spacial score (nSPS) is 11.4. The molecular formula is C20H31N3O3S. The summed E-state index contributed by atoms with van der Waals surface area (Å²) in [5, 5.41) is 18.6. The van der Waals surface area contributed by atoms with Crippen LogP contribution in [0.15, 0.2) is 30.3 Å². The van der Waals surface area contributed by atoms with Crippen LogP contribution in [0, 0.1) is 0 Å². The van der Waals surface area contributed by atoms with Gasteiger partial charge in [-0.15, -0.1) is 0 Å². The fraction of sp³-hybridized carbons (Fsp3) is 0.550. The van der Waals surface area contributed by atoms with Crippen LogP contribution >= 0.6 is 12.2 Å². The van der Waals surface area contributed by atoms with Gasteiger partial charge in [-0.25, -0.2) is 0 Å². The Morgan fingerprint density at radius 3 is 2.44 bits per heavy atom. The summed E-state index contributed by atoms with van der Waals surface area (Å²) in [4.78, 5) is 22.6. The van der Waals surface area contributed by atoms with Gasteiger partial charge in [0.25, 0.3) is 0 Å². The van der Waals surface area contributed by atoms with Crippen molar-refractivity contribution in [3.05, 3.63) is 30.3 Å². The van der Waals surface area contributed by atoms with Crippen LogP contribution in [0.1, 0.15) is 58.3 Å². The van der Waals surface area contributed by atoms with Gasteiger partial charge in [-0.2, -0.15) is 0 Å². The van der Waals surface area contributed by atoms with E-state index in [0.29, 0.717) is 30.9 Å². The average molecular weight is 394 g/mol. The predicted octanol–water partition coefficient (Wildman–Crippen LogP) is 3.68. The van der Waals surface area contributed by atoms with E-state index in [-0.39, 0.29) is 18.4 Å². The van der Waals surface area contributed by atoms with E-state index >= 15 is 0 Å². The fourth-order valence-electron chi connectivity index (χ4n) is 2.67. The van der Waals surface area contributed by atoms with Crippen molar-refractivity contribution < 1.29 is 14.7 Å². The Balaban J connectivity index is 2.22. The van der Waals surface area contributed by atoms with Crippen molar-refractivity contribution in [2.75, 3.05) is 11.9 Å². The van der Waals surface area contributed by atoms with Crippen molar-refractivity contribution in [3.8, 4) is 0 Å². The molecule has 0 aliphatic rings. The zero-order valence-electron chi connectivity index (χ0n) is 16.0. The highest BCUT2D eigenvalue weighted by molar-refractivity contribution is 7.80. The number of carbonyl (C=O) groups excluding carboxylic acids is 1. The van der Waals surface area contributed by atoms with Crippen molar-refractivity contribution >= 4 is 34.9 Å². The molecular weight excluding hydrogens is 362 g/mol. The first-order valence-electron chi connectivity index (χ1n) is 9.62. The number of anilines is 1. The fourth-order valence-corrected chi connectivity index (χ4v) is 2.94. The molecule has 0 aliphatic carbocycles. The van der Waals surface area contributed by atoms with Crippen LogP contribution in [-0.2, 0) is 9.59 Å². The molecule has 0 aliphatic heterocycles. The van der Waals surface area contributed by atoms with Crippen molar-refractivity contribution in [1.29, 1.82) is 0 Å². The van der Waals surface area contributed by atoms with Crippen LogP contribution in [0.3, 0.4) is 0 Å². The second kappa shape index (κ2) is 14.0. The van der Waals surface area contributed by atoms with Crippen LogP contribution in [-0.4, -0.2) is 34.7 Å². The van der Waals surface area contributed by atoms with Gasteiger partial charge in [0.05, 0.1) is 0 Å². The molecule has 4 N–H and O–H groups in total. The van der Waals surface area contributed by atoms with Gasteiger partial charge in [-0.05, 0) is 50.0 Å². The zero-order valence-corrected chi connectivity index (χ0v) is 16.8. The number of rotatable bonds is 13. The highest BCUT2D eigenvalue weighted by Gasteiger charge is 2.11. The first kappa shape index (κ1) is 22.9. The van der Waals surface area contributed by atoms with E-state index in [1.54, 1.807) is 0 Å². The standard InChI is InChI=1S/C20H31N3O3S/c1-2-3-9-17(12-7-14-19(25)26)23-20(27)21-15-8-13-18(24)22-16-10-5-4-6-11-16/h4-6,10-11,17H,2-3,7-9,12-15H2,1H3,(H,22,24)(H,25,26)(H2,21,23,27). The molecule has 0 spiro atoms. The molecule has 0 bridgehead atoms. The highest BCUT2D eigenvalue weighted by atomic mass is 32.1. The van der Waals surface area contributed by atoms with Crippen molar-refractivity contribution in [2.24, 2.45) is 0 Å². The van der Waals surface area contributed by atoms with Crippen LogP contribution in [0.2, 0.25) is 0 Å². The quantitative estimate of drug-likeness (QED) is 0.302. The van der Waals surface area contributed by atoms with Gasteiger partial charge in [0.15, 0.2) is 5.11 Å². The summed E-state index contributed by atoms with van der Waals surface area (Å²) in [6.07, 6.45) is 5.84. The number of aliphatic carboxylic acids is 1. The minimum Gasteiger partial charge on any atom is -0.481 e. The molecule has 7 heteroatoms. The first-order chi connectivity index (χ1) is 13.0. The number of carbonyl (C=O) groups is 2. The van der Waals surface area contributed by atoms with Crippen molar-refractivity contribution in [2.45, 2.75) is 64.3 Å². The summed E-state index contributed by atoms with van der Waals surface area (Å²) in [7, 11) is 0. The molecule has 0 heterocycles. The first-order valence-corrected chi connectivity index (χ1v) is 10.0. The molecule has 1 amide bonds. The lowest BCUT2D eigenvalue weighted by molar-refractivity contribution is -0.137. The van der Waals surface area contributed by atoms with Gasteiger partial charge in [0, 0.05) is 31.1 Å². The summed E-state index contributed by atoms with van der Waals surface area (Å²) in [6.45, 7) is 2.75. The monoisotopic (exact) mass is 393 g/mol. The van der Waals surface area contributed by atoms with Gasteiger partial charge in [0.2, 0.25) is 5.91 Å². The summed E-state index contributed by atoms with van der Waals surface area (Å²) in [5.74, 6) is -0.782. The molecule has 27 heavy (non-hydrogen) atoms.